The first-order chi connectivity index (χ1) is 10.7. The van der Waals surface area contributed by atoms with E-state index in [-0.39, 0.29) is 25.2 Å². The number of nitrogens with zero attached hydrogens (tertiary/aromatic N) is 2. The third-order valence-corrected chi connectivity index (χ3v) is 3.98. The van der Waals surface area contributed by atoms with Crippen LogP contribution in [0.5, 0.6) is 0 Å². The fourth-order valence-corrected chi connectivity index (χ4v) is 2.68. The van der Waals surface area contributed by atoms with Gasteiger partial charge in [0.05, 0.1) is 24.3 Å². The summed E-state index contributed by atoms with van der Waals surface area (Å²) in [4.78, 5) is 25.7. The maximum Gasteiger partial charge on any atom is 0.317 e. The van der Waals surface area contributed by atoms with Crippen molar-refractivity contribution in [3.8, 4) is 0 Å². The summed E-state index contributed by atoms with van der Waals surface area (Å²) in [5.74, 6) is -3.30. The number of carboxylic acids is 1. The molecule has 8 heteroatoms. The number of β-amino-alcohol motifs (C(OH)–C–C–N with tert-alkyl or cyclic N) is 1. The molecule has 6 nitrogen and oxygen atoms in total. The van der Waals surface area contributed by atoms with Gasteiger partial charge >= 0.3 is 5.97 Å². The number of carboxylic acid groups (broad SMARTS) is 1. The number of benzene rings is 1. The van der Waals surface area contributed by atoms with Crippen molar-refractivity contribution in [1.29, 1.82) is 0 Å². The Morgan fingerprint density at radius 1 is 1.30 bits per heavy atom. The van der Waals surface area contributed by atoms with Crippen molar-refractivity contribution in [3.63, 3.8) is 0 Å². The van der Waals surface area contributed by atoms with Crippen LogP contribution in [0.4, 0.5) is 8.78 Å². The molecular formula is C15H18F2N2O4. The Bertz CT molecular complexity index is 638. The molecule has 1 aliphatic heterocycles. The highest BCUT2D eigenvalue weighted by molar-refractivity contribution is 5.94. The van der Waals surface area contributed by atoms with E-state index in [1.54, 1.807) is 0 Å². The molecule has 1 amide bonds. The maximum absolute atomic E-state index is 13.9. The molecular weight excluding hydrogens is 310 g/mol. The van der Waals surface area contributed by atoms with Crippen molar-refractivity contribution < 1.29 is 28.6 Å². The molecule has 0 aromatic heterocycles. The summed E-state index contributed by atoms with van der Waals surface area (Å²) < 4.78 is 27.5. The number of carbonyl (C=O) groups excluding carboxylic acids is 1. The number of likely N-dealkylation sites (tertiary alicyclic amines) is 1. The molecule has 0 spiro atoms. The number of aliphatic hydroxyl groups is 1. The molecule has 0 saturated carbocycles. The van der Waals surface area contributed by atoms with Crippen molar-refractivity contribution in [2.45, 2.75) is 19.1 Å². The fourth-order valence-electron chi connectivity index (χ4n) is 2.68. The van der Waals surface area contributed by atoms with E-state index in [1.165, 1.54) is 23.8 Å². The Labute approximate surface area is 131 Å². The molecule has 1 aromatic rings. The zero-order valence-electron chi connectivity index (χ0n) is 12.8. The smallest absolute Gasteiger partial charge is 0.317 e. The van der Waals surface area contributed by atoms with Crippen molar-refractivity contribution in [2.24, 2.45) is 0 Å². The maximum atomic E-state index is 13.9. The predicted octanol–water partition coefficient (Wildman–Crippen LogP) is 0.475. The molecule has 2 N–H and O–H groups in total. The zero-order valence-corrected chi connectivity index (χ0v) is 12.8. The van der Waals surface area contributed by atoms with Crippen LogP contribution in [-0.2, 0) is 4.79 Å². The number of aliphatic carboxylic acids is 1. The molecule has 23 heavy (non-hydrogen) atoms. The normalized spacial score (nSPS) is 21.0. The van der Waals surface area contributed by atoms with Crippen LogP contribution in [0.2, 0.25) is 0 Å². The topological polar surface area (TPSA) is 81.1 Å². The Morgan fingerprint density at radius 2 is 1.96 bits per heavy atom. The minimum Gasteiger partial charge on any atom is -0.480 e. The second kappa shape index (κ2) is 6.59. The average molecular weight is 328 g/mol. The molecule has 2 atom stereocenters. The third-order valence-electron chi connectivity index (χ3n) is 3.98. The van der Waals surface area contributed by atoms with Gasteiger partial charge in [-0.1, -0.05) is 0 Å². The highest BCUT2D eigenvalue weighted by atomic mass is 19.1. The van der Waals surface area contributed by atoms with Crippen LogP contribution < -0.4 is 0 Å². The fraction of sp³-hybridized carbons (Fsp3) is 0.467. The van der Waals surface area contributed by atoms with Gasteiger partial charge in [-0.2, -0.15) is 0 Å². The van der Waals surface area contributed by atoms with Crippen LogP contribution in [0.25, 0.3) is 0 Å². The number of halogens is 2. The van der Waals surface area contributed by atoms with E-state index in [4.69, 9.17) is 5.11 Å². The number of aliphatic hydroxyl groups excluding tert-OH is 1. The standard InChI is InChI=1S/C15H18F2N2O4/c1-8-3-11(17)9(4-10(8)16)15(23)19-5-12(13(20)6-19)18(2)7-14(21)22/h3-4,12-13,20H,5-7H2,1-2H3,(H,21,22)/t12-,13-/m1/s1. The number of hydrogen-bond donors (Lipinski definition) is 2. The minimum atomic E-state index is -1.06. The first-order valence-electron chi connectivity index (χ1n) is 7.05. The first kappa shape index (κ1) is 17.3. The Kier molecular flexibility index (Phi) is 4.96. The highest BCUT2D eigenvalue weighted by Crippen LogP contribution is 2.21. The van der Waals surface area contributed by atoms with Gasteiger partial charge in [-0.15, -0.1) is 0 Å². The number of carbonyl (C=O) groups is 2. The van der Waals surface area contributed by atoms with Crippen molar-refractivity contribution in [3.05, 3.63) is 34.9 Å². The predicted molar refractivity (Wildman–Crippen MR) is 77.1 cm³/mol. The Hall–Kier alpha value is -2.06. The van der Waals surface area contributed by atoms with Gasteiger partial charge in [0.25, 0.3) is 5.91 Å². The van der Waals surface area contributed by atoms with E-state index in [2.05, 4.69) is 0 Å². The van der Waals surface area contributed by atoms with Crippen molar-refractivity contribution in [1.82, 2.24) is 9.80 Å². The monoisotopic (exact) mass is 328 g/mol. The second-order valence-electron chi connectivity index (χ2n) is 5.73. The lowest BCUT2D eigenvalue weighted by atomic mass is 10.1. The SMILES string of the molecule is Cc1cc(F)c(C(=O)N2C[C@@H](O)[C@H](N(C)CC(=O)O)C2)cc1F. The van der Waals surface area contributed by atoms with Gasteiger partial charge in [-0.25, -0.2) is 8.78 Å². The van der Waals surface area contributed by atoms with Gasteiger partial charge in [0.15, 0.2) is 0 Å². The zero-order chi connectivity index (χ0) is 17.3. The van der Waals surface area contributed by atoms with Gasteiger partial charge in [0, 0.05) is 13.1 Å². The van der Waals surface area contributed by atoms with Crippen molar-refractivity contribution >= 4 is 11.9 Å². The van der Waals surface area contributed by atoms with Gasteiger partial charge in [-0.3, -0.25) is 14.5 Å². The van der Waals surface area contributed by atoms with Gasteiger partial charge in [0.1, 0.15) is 11.6 Å². The molecule has 1 saturated heterocycles. The molecule has 1 fully saturated rings. The Morgan fingerprint density at radius 3 is 2.57 bits per heavy atom. The van der Waals surface area contributed by atoms with Crippen LogP contribution in [0, 0.1) is 18.6 Å². The lowest BCUT2D eigenvalue weighted by molar-refractivity contribution is -0.138. The largest absolute Gasteiger partial charge is 0.480 e. The molecule has 1 aliphatic rings. The number of likely N-dealkylation sites (N-methyl/N-ethyl adjacent to an activating group) is 1. The quantitative estimate of drug-likeness (QED) is 0.840. The molecule has 2 rings (SSSR count). The van der Waals surface area contributed by atoms with Gasteiger partial charge in [0.2, 0.25) is 0 Å². The van der Waals surface area contributed by atoms with Crippen LogP contribution in [0.15, 0.2) is 12.1 Å². The van der Waals surface area contributed by atoms with Crippen LogP contribution in [0.1, 0.15) is 15.9 Å². The summed E-state index contributed by atoms with van der Waals surface area (Å²) in [6, 6.07) is 1.21. The molecule has 0 bridgehead atoms. The molecule has 1 heterocycles. The van der Waals surface area contributed by atoms with E-state index in [1.807, 2.05) is 0 Å². The lowest BCUT2D eigenvalue weighted by Crippen LogP contribution is -2.43. The van der Waals surface area contributed by atoms with E-state index in [0.717, 1.165) is 12.1 Å². The third kappa shape index (κ3) is 3.65. The highest BCUT2D eigenvalue weighted by Gasteiger charge is 2.37. The summed E-state index contributed by atoms with van der Waals surface area (Å²) in [6.45, 7) is 1.07. The summed E-state index contributed by atoms with van der Waals surface area (Å²) in [7, 11) is 1.52. The van der Waals surface area contributed by atoms with Crippen LogP contribution in [-0.4, -0.2) is 70.7 Å². The van der Waals surface area contributed by atoms with E-state index in [9.17, 15) is 23.5 Å². The molecule has 0 unspecified atom stereocenters. The molecule has 0 aliphatic carbocycles. The van der Waals surface area contributed by atoms with Crippen molar-refractivity contribution in [2.75, 3.05) is 26.7 Å². The molecule has 126 valence electrons. The number of hydrogen-bond acceptors (Lipinski definition) is 4. The summed E-state index contributed by atoms with van der Waals surface area (Å²) in [5, 5.41) is 18.8. The summed E-state index contributed by atoms with van der Waals surface area (Å²) >= 11 is 0. The van der Waals surface area contributed by atoms with Gasteiger partial charge < -0.3 is 15.1 Å². The Balaban J connectivity index is 2.16. The molecule has 1 aromatic carbocycles. The summed E-state index contributed by atoms with van der Waals surface area (Å²) in [5.41, 5.74) is -0.304. The second-order valence-corrected chi connectivity index (χ2v) is 5.73. The van der Waals surface area contributed by atoms with E-state index < -0.39 is 41.2 Å². The average Bonchev–Trinajstić information content (AvgIpc) is 2.83. The van der Waals surface area contributed by atoms with Crippen LogP contribution in [0.3, 0.4) is 0 Å². The lowest BCUT2D eigenvalue weighted by Gasteiger charge is -2.24. The number of amides is 1. The minimum absolute atomic E-state index is 0.0404. The number of aryl methyl sites for hydroxylation is 1. The van der Waals surface area contributed by atoms with Gasteiger partial charge in [-0.05, 0) is 31.7 Å². The van der Waals surface area contributed by atoms with Crippen LogP contribution >= 0.6 is 0 Å². The van der Waals surface area contributed by atoms with E-state index >= 15 is 0 Å². The number of rotatable bonds is 4. The summed E-state index contributed by atoms with van der Waals surface area (Å²) in [6.07, 6.45) is -0.957. The first-order valence-corrected chi connectivity index (χ1v) is 7.05. The molecule has 0 radical (unpaired) electrons. The van der Waals surface area contributed by atoms with E-state index in [0.29, 0.717) is 0 Å².